The van der Waals surface area contributed by atoms with Crippen molar-refractivity contribution in [3.8, 4) is 22.3 Å². The van der Waals surface area contributed by atoms with Crippen LogP contribution in [0.1, 0.15) is 65.5 Å². The summed E-state index contributed by atoms with van der Waals surface area (Å²) in [4.78, 5) is 37.5. The van der Waals surface area contributed by atoms with Crippen molar-refractivity contribution in [3.63, 3.8) is 0 Å². The minimum Gasteiger partial charge on any atom is -0.480 e. The minimum atomic E-state index is -1.09. The summed E-state index contributed by atoms with van der Waals surface area (Å²) < 4.78 is 13.4. The van der Waals surface area contributed by atoms with Crippen LogP contribution in [0, 0.1) is 0 Å². The van der Waals surface area contributed by atoms with Gasteiger partial charge in [-0.25, -0.2) is 9.59 Å². The zero-order valence-electron chi connectivity index (χ0n) is 27.8. The van der Waals surface area contributed by atoms with E-state index >= 15 is 0 Å². The first-order valence-electron chi connectivity index (χ1n) is 17.3. The third-order valence-corrected chi connectivity index (χ3v) is 9.96. The van der Waals surface area contributed by atoms with Gasteiger partial charge in [-0.05, 0) is 82.3 Å². The number of benzene rings is 4. The van der Waals surface area contributed by atoms with Crippen molar-refractivity contribution in [1.82, 2.24) is 9.88 Å². The smallest absolute Gasteiger partial charge is 0.407 e. The Kier molecular flexibility index (Phi) is 9.78. The molecule has 1 heterocycles. The molecule has 0 saturated heterocycles. The number of aryl methyl sites for hydroxylation is 2. The second-order valence-corrected chi connectivity index (χ2v) is 13.0. The van der Waals surface area contributed by atoms with Gasteiger partial charge in [0, 0.05) is 30.3 Å². The van der Waals surface area contributed by atoms with Crippen LogP contribution in [0.5, 0.6) is 0 Å². The number of rotatable bonds is 14. The van der Waals surface area contributed by atoms with Gasteiger partial charge in [0.2, 0.25) is 0 Å². The predicted octanol–water partition coefficient (Wildman–Crippen LogP) is 7.94. The summed E-state index contributed by atoms with van der Waals surface area (Å²) in [6.07, 6.45) is 3.62. The molecule has 2 N–H and O–H groups in total. The molecule has 50 heavy (non-hydrogen) atoms. The lowest BCUT2D eigenvalue weighted by Gasteiger charge is -2.17. The van der Waals surface area contributed by atoms with Gasteiger partial charge in [-0.1, -0.05) is 97.1 Å². The third-order valence-electron chi connectivity index (χ3n) is 9.96. The quantitative estimate of drug-likeness (QED) is 0.0920. The maximum Gasteiger partial charge on any atom is 0.407 e. The first kappa shape index (κ1) is 32.9. The van der Waals surface area contributed by atoms with Crippen molar-refractivity contribution in [2.75, 3.05) is 13.2 Å². The van der Waals surface area contributed by atoms with Crippen molar-refractivity contribution in [1.29, 1.82) is 0 Å². The molecule has 0 spiro atoms. The number of nitrogens with zero attached hydrogens (tertiary/aromatic N) is 1. The molecule has 0 aliphatic heterocycles. The third kappa shape index (κ3) is 6.92. The van der Waals surface area contributed by atoms with Crippen LogP contribution >= 0.6 is 0 Å². The number of esters is 1. The Hall–Kier alpha value is -5.63. The zero-order chi connectivity index (χ0) is 34.5. The normalized spacial score (nSPS) is 13.5. The minimum absolute atomic E-state index is 0.0310. The molecule has 1 amide bonds. The van der Waals surface area contributed by atoms with E-state index in [1.54, 1.807) is 0 Å². The van der Waals surface area contributed by atoms with Crippen molar-refractivity contribution < 1.29 is 29.0 Å². The van der Waals surface area contributed by atoms with Crippen molar-refractivity contribution in [2.24, 2.45) is 0 Å². The molecule has 0 bridgehead atoms. The summed E-state index contributed by atoms with van der Waals surface area (Å²) in [7, 11) is 0. The number of unbranched alkanes of at least 4 members (excludes halogenated alkanes) is 1. The molecular formula is C42H40N2O6. The number of carbonyl (C=O) groups is 3. The summed E-state index contributed by atoms with van der Waals surface area (Å²) in [6.45, 7) is 1.10. The Morgan fingerprint density at radius 2 is 1.16 bits per heavy atom. The fraction of sp³-hybridized carbons (Fsp3) is 0.262. The second-order valence-electron chi connectivity index (χ2n) is 13.0. The Bertz CT molecular complexity index is 1920. The van der Waals surface area contributed by atoms with Gasteiger partial charge in [0.15, 0.2) is 0 Å². The highest BCUT2D eigenvalue weighted by Crippen LogP contribution is 2.45. The number of alkyl carbamates (subject to hydrolysis) is 1. The van der Waals surface area contributed by atoms with E-state index in [1.807, 2.05) is 79.0 Å². The fourth-order valence-electron chi connectivity index (χ4n) is 7.48. The van der Waals surface area contributed by atoms with Gasteiger partial charge < -0.3 is 24.5 Å². The number of carboxylic acid groups (broad SMARTS) is 1. The molecular weight excluding hydrogens is 628 g/mol. The lowest BCUT2D eigenvalue weighted by Crippen LogP contribution is -2.41. The molecule has 1 unspecified atom stereocenters. The molecule has 5 aromatic rings. The van der Waals surface area contributed by atoms with E-state index in [0.717, 1.165) is 27.9 Å². The van der Waals surface area contributed by atoms with Gasteiger partial charge in [0.25, 0.3) is 0 Å². The van der Waals surface area contributed by atoms with Gasteiger partial charge in [-0.15, -0.1) is 0 Å². The summed E-state index contributed by atoms with van der Waals surface area (Å²) in [5.41, 5.74) is 10.2. The molecule has 1 aromatic heterocycles. The average molecular weight is 669 g/mol. The molecule has 7 rings (SSSR count). The Labute approximate surface area is 291 Å². The van der Waals surface area contributed by atoms with E-state index in [0.29, 0.717) is 32.4 Å². The maximum absolute atomic E-state index is 12.8. The SMILES string of the molecule is O=C(CCc1cccn1CCCCC(NC(=O)OCC1c2ccccc2-c2ccccc21)C(=O)O)OCC1c2ccccc2-c2ccccc21. The molecule has 2 aliphatic carbocycles. The monoisotopic (exact) mass is 668 g/mol. The van der Waals surface area contributed by atoms with Gasteiger partial charge >= 0.3 is 18.0 Å². The molecule has 0 saturated carbocycles. The van der Waals surface area contributed by atoms with Crippen LogP contribution in [0.4, 0.5) is 4.79 Å². The maximum atomic E-state index is 12.8. The van der Waals surface area contributed by atoms with Crippen LogP contribution in [0.2, 0.25) is 0 Å². The van der Waals surface area contributed by atoms with Crippen molar-refractivity contribution in [3.05, 3.63) is 143 Å². The van der Waals surface area contributed by atoms with Crippen LogP contribution in [0.3, 0.4) is 0 Å². The second kappa shape index (κ2) is 14.9. The van der Waals surface area contributed by atoms with Crippen LogP contribution < -0.4 is 5.32 Å². The van der Waals surface area contributed by atoms with E-state index in [-0.39, 0.29) is 37.3 Å². The molecule has 8 heteroatoms. The summed E-state index contributed by atoms with van der Waals surface area (Å²) in [6, 6.07) is 35.6. The first-order valence-corrected chi connectivity index (χ1v) is 17.3. The van der Waals surface area contributed by atoms with Gasteiger partial charge in [-0.2, -0.15) is 0 Å². The van der Waals surface area contributed by atoms with Gasteiger partial charge in [0.05, 0.1) is 6.42 Å². The lowest BCUT2D eigenvalue weighted by molar-refractivity contribution is -0.144. The largest absolute Gasteiger partial charge is 0.480 e. The molecule has 1 atom stereocenters. The molecule has 8 nitrogen and oxygen atoms in total. The van der Waals surface area contributed by atoms with Crippen LogP contribution in [0.15, 0.2) is 115 Å². The predicted molar refractivity (Wildman–Crippen MR) is 191 cm³/mol. The van der Waals surface area contributed by atoms with Crippen LogP contribution in [-0.2, 0) is 32.0 Å². The fourth-order valence-corrected chi connectivity index (χ4v) is 7.48. The first-order chi connectivity index (χ1) is 24.5. The number of fused-ring (bicyclic) bond motifs is 6. The molecule has 254 valence electrons. The number of amides is 1. The Balaban J connectivity index is 0.848. The molecule has 2 aliphatic rings. The number of carbonyl (C=O) groups excluding carboxylic acids is 2. The van der Waals surface area contributed by atoms with E-state index in [4.69, 9.17) is 9.47 Å². The Morgan fingerprint density at radius 3 is 1.68 bits per heavy atom. The van der Waals surface area contributed by atoms with E-state index in [2.05, 4.69) is 46.3 Å². The number of aromatic nitrogens is 1. The zero-order valence-corrected chi connectivity index (χ0v) is 27.8. The number of carboxylic acids is 1. The standard InChI is InChI=1S/C42H40N2O6/c45-40(49-26-37-33-17-5-1-13-29(33)30-14-2-6-18-34(30)37)23-22-28-12-11-25-44(28)24-10-9-21-39(41(46)47)43-42(48)50-27-38-35-19-7-3-15-31(35)32-16-4-8-20-36(32)38/h1-8,11-20,25,37-39H,9-10,21-24,26-27H2,(H,43,48)(H,46,47). The molecule has 0 fully saturated rings. The number of hydrogen-bond acceptors (Lipinski definition) is 5. The van der Waals surface area contributed by atoms with Crippen molar-refractivity contribution >= 4 is 18.0 Å². The van der Waals surface area contributed by atoms with Crippen LogP contribution in [0.25, 0.3) is 22.3 Å². The highest BCUT2D eigenvalue weighted by Gasteiger charge is 2.31. The lowest BCUT2D eigenvalue weighted by atomic mass is 9.98. The van der Waals surface area contributed by atoms with Crippen molar-refractivity contribution in [2.45, 2.75) is 56.5 Å². The number of aliphatic carboxylic acids is 1. The Morgan fingerprint density at radius 1 is 0.660 bits per heavy atom. The number of nitrogens with one attached hydrogen (secondary N) is 1. The summed E-state index contributed by atoms with van der Waals surface area (Å²) in [5, 5.41) is 12.4. The van der Waals surface area contributed by atoms with Gasteiger partial charge in [-0.3, -0.25) is 4.79 Å². The average Bonchev–Trinajstić information content (AvgIpc) is 3.82. The molecule has 0 radical (unpaired) electrons. The summed E-state index contributed by atoms with van der Waals surface area (Å²) >= 11 is 0. The highest BCUT2D eigenvalue weighted by molar-refractivity contribution is 5.81. The number of ether oxygens (including phenoxy) is 2. The highest BCUT2D eigenvalue weighted by atomic mass is 16.5. The van der Waals surface area contributed by atoms with Gasteiger partial charge in [0.1, 0.15) is 19.3 Å². The summed E-state index contributed by atoms with van der Waals surface area (Å²) in [5.74, 6) is -1.40. The van der Waals surface area contributed by atoms with Crippen LogP contribution in [-0.4, -0.2) is 47.0 Å². The molecule has 4 aromatic carbocycles. The van der Waals surface area contributed by atoms with E-state index in [1.165, 1.54) is 22.3 Å². The van der Waals surface area contributed by atoms with E-state index < -0.39 is 18.1 Å². The number of hydrogen-bond donors (Lipinski definition) is 2. The topological polar surface area (TPSA) is 107 Å². The van der Waals surface area contributed by atoms with E-state index in [9.17, 15) is 19.5 Å².